The van der Waals surface area contributed by atoms with Crippen LogP contribution in [0.2, 0.25) is 5.02 Å². The Bertz CT molecular complexity index is 1210. The van der Waals surface area contributed by atoms with Crippen molar-refractivity contribution in [3.8, 4) is 5.75 Å². The van der Waals surface area contributed by atoms with Crippen molar-refractivity contribution in [3.63, 3.8) is 0 Å². The average Bonchev–Trinajstić information content (AvgIpc) is 3.31. The van der Waals surface area contributed by atoms with Gasteiger partial charge in [0, 0.05) is 27.4 Å². The summed E-state index contributed by atoms with van der Waals surface area (Å²) in [6, 6.07) is 5.22. The maximum atomic E-state index is 12.7. The number of hydrogen-bond donors (Lipinski definition) is 1. The summed E-state index contributed by atoms with van der Waals surface area (Å²) in [5, 5.41) is 4.71. The Morgan fingerprint density at radius 3 is 2.91 bits per heavy atom. The van der Waals surface area contributed by atoms with Crippen LogP contribution in [0.4, 0.5) is 5.00 Å². The van der Waals surface area contributed by atoms with E-state index in [1.165, 1.54) is 17.4 Å². The monoisotopic (exact) mass is 473 g/mol. The van der Waals surface area contributed by atoms with Crippen LogP contribution in [0, 0.1) is 5.92 Å². The molecule has 2 aromatic heterocycles. The predicted octanol–water partition coefficient (Wildman–Crippen LogP) is 6.11. The van der Waals surface area contributed by atoms with Crippen LogP contribution in [-0.4, -0.2) is 25.6 Å². The Morgan fingerprint density at radius 2 is 2.16 bits per heavy atom. The molecular formula is C24H24ClNO5S. The van der Waals surface area contributed by atoms with Gasteiger partial charge in [0.05, 0.1) is 19.3 Å². The van der Waals surface area contributed by atoms with E-state index >= 15 is 0 Å². The molecule has 0 radical (unpaired) electrons. The maximum absolute atomic E-state index is 12.7. The van der Waals surface area contributed by atoms with Crippen LogP contribution >= 0.6 is 22.9 Å². The molecule has 1 atom stereocenters. The molecule has 1 aromatic carbocycles. The van der Waals surface area contributed by atoms with Gasteiger partial charge in [0.1, 0.15) is 10.8 Å². The summed E-state index contributed by atoms with van der Waals surface area (Å²) in [6.07, 6.45) is 5.69. The van der Waals surface area contributed by atoms with Gasteiger partial charge in [-0.15, -0.1) is 11.3 Å². The number of methoxy groups -OCH3 is 1. The van der Waals surface area contributed by atoms with E-state index in [9.17, 15) is 9.59 Å². The largest absolute Gasteiger partial charge is 0.493 e. The Balaban J connectivity index is 1.57. The summed E-state index contributed by atoms with van der Waals surface area (Å²) in [4.78, 5) is 26.4. The third-order valence-electron chi connectivity index (χ3n) is 5.41. The molecule has 1 N–H and O–H groups in total. The minimum absolute atomic E-state index is 0.284. The zero-order chi connectivity index (χ0) is 22.8. The number of carbonyl (C=O) groups excluding carboxylic acids is 2. The van der Waals surface area contributed by atoms with E-state index in [-0.39, 0.29) is 18.5 Å². The second-order valence-corrected chi connectivity index (χ2v) is 9.32. The molecule has 1 amide bonds. The van der Waals surface area contributed by atoms with Crippen LogP contribution in [0.5, 0.6) is 5.75 Å². The number of benzene rings is 1. The molecule has 2 heterocycles. The molecule has 3 aromatic rings. The maximum Gasteiger partial charge on any atom is 0.341 e. The van der Waals surface area contributed by atoms with Crippen molar-refractivity contribution in [1.29, 1.82) is 0 Å². The number of carbonyl (C=O) groups is 2. The number of hydrogen-bond acceptors (Lipinski definition) is 6. The highest BCUT2D eigenvalue weighted by Crippen LogP contribution is 2.40. The molecule has 0 bridgehead atoms. The Labute approximate surface area is 195 Å². The number of ether oxygens (including phenoxy) is 2. The summed E-state index contributed by atoms with van der Waals surface area (Å²) in [7, 11) is 1.54. The Kier molecular flexibility index (Phi) is 6.58. The molecule has 8 heteroatoms. The van der Waals surface area contributed by atoms with Gasteiger partial charge in [-0.1, -0.05) is 18.5 Å². The predicted molar refractivity (Wildman–Crippen MR) is 127 cm³/mol. The fraction of sp³-hybridized carbons (Fsp3) is 0.333. The van der Waals surface area contributed by atoms with Crippen molar-refractivity contribution in [3.05, 3.63) is 51.1 Å². The van der Waals surface area contributed by atoms with Crippen molar-refractivity contribution in [1.82, 2.24) is 0 Å². The van der Waals surface area contributed by atoms with Gasteiger partial charge in [0.25, 0.3) is 0 Å². The third kappa shape index (κ3) is 4.54. The zero-order valence-corrected chi connectivity index (χ0v) is 19.7. The number of amides is 1. The van der Waals surface area contributed by atoms with Gasteiger partial charge in [-0.3, -0.25) is 4.79 Å². The molecule has 32 heavy (non-hydrogen) atoms. The smallest absolute Gasteiger partial charge is 0.341 e. The van der Waals surface area contributed by atoms with Crippen LogP contribution in [0.25, 0.3) is 17.0 Å². The molecular weight excluding hydrogens is 450 g/mol. The van der Waals surface area contributed by atoms with Gasteiger partial charge in [0.2, 0.25) is 5.91 Å². The summed E-state index contributed by atoms with van der Waals surface area (Å²) >= 11 is 7.56. The molecule has 0 saturated carbocycles. The van der Waals surface area contributed by atoms with E-state index in [0.717, 1.165) is 35.1 Å². The van der Waals surface area contributed by atoms with Crippen molar-refractivity contribution in [2.24, 2.45) is 5.92 Å². The van der Waals surface area contributed by atoms with Gasteiger partial charge in [-0.2, -0.15) is 0 Å². The molecule has 6 nitrogen and oxygen atoms in total. The highest BCUT2D eigenvalue weighted by atomic mass is 35.5. The Morgan fingerprint density at radius 1 is 1.34 bits per heavy atom. The lowest BCUT2D eigenvalue weighted by Crippen LogP contribution is -2.15. The number of fused-ring (bicyclic) bond motifs is 2. The van der Waals surface area contributed by atoms with Crippen molar-refractivity contribution in [2.75, 3.05) is 19.0 Å². The number of esters is 1. The number of anilines is 1. The standard InChI is InChI=1S/C24H24ClNO5S/c1-4-30-24(28)21-17-7-5-13(2)9-19(17)32-23(21)26-20(27)8-6-16-11-14-10-15(25)12-18(29-3)22(14)31-16/h6,8,10-13H,4-5,7,9H2,1-3H3,(H,26,27)/b8-6+/t13-/m0/s1. The summed E-state index contributed by atoms with van der Waals surface area (Å²) in [5.74, 6) is 0.820. The van der Waals surface area contributed by atoms with Crippen molar-refractivity contribution < 1.29 is 23.5 Å². The van der Waals surface area contributed by atoms with E-state index in [2.05, 4.69) is 12.2 Å². The zero-order valence-electron chi connectivity index (χ0n) is 18.1. The molecule has 0 saturated heterocycles. The van der Waals surface area contributed by atoms with Crippen LogP contribution in [0.1, 0.15) is 46.8 Å². The number of halogens is 1. The highest BCUT2D eigenvalue weighted by Gasteiger charge is 2.28. The normalized spacial score (nSPS) is 15.7. The molecule has 0 unspecified atom stereocenters. The number of thiophene rings is 1. The molecule has 0 aliphatic heterocycles. The number of nitrogens with one attached hydrogen (secondary N) is 1. The second-order valence-electron chi connectivity index (χ2n) is 7.77. The number of furan rings is 1. The number of rotatable bonds is 6. The van der Waals surface area contributed by atoms with Crippen molar-refractivity contribution in [2.45, 2.75) is 33.1 Å². The lowest BCUT2D eigenvalue weighted by Gasteiger charge is -2.18. The minimum Gasteiger partial charge on any atom is -0.493 e. The molecule has 1 aliphatic carbocycles. The fourth-order valence-electron chi connectivity index (χ4n) is 3.91. The van der Waals surface area contributed by atoms with Gasteiger partial charge < -0.3 is 19.2 Å². The van der Waals surface area contributed by atoms with Crippen LogP contribution in [0.3, 0.4) is 0 Å². The van der Waals surface area contributed by atoms with E-state index < -0.39 is 0 Å². The van der Waals surface area contributed by atoms with Crippen LogP contribution < -0.4 is 10.1 Å². The summed E-state index contributed by atoms with van der Waals surface area (Å²) in [6.45, 7) is 4.26. The molecule has 1 aliphatic rings. The first-order valence-electron chi connectivity index (χ1n) is 10.5. The topological polar surface area (TPSA) is 77.8 Å². The first kappa shape index (κ1) is 22.4. The first-order chi connectivity index (χ1) is 15.4. The molecule has 0 fully saturated rings. The van der Waals surface area contributed by atoms with E-state index in [0.29, 0.717) is 38.6 Å². The SMILES string of the molecule is CCOC(=O)c1c(NC(=O)/C=C/c2cc3cc(Cl)cc(OC)c3o2)sc2c1CC[C@H](C)C2. The molecule has 0 spiro atoms. The van der Waals surface area contributed by atoms with Gasteiger partial charge in [-0.05, 0) is 55.9 Å². The van der Waals surface area contributed by atoms with Crippen molar-refractivity contribution >= 4 is 56.9 Å². The van der Waals surface area contributed by atoms with Gasteiger partial charge >= 0.3 is 5.97 Å². The fourth-order valence-corrected chi connectivity index (χ4v) is 5.53. The third-order valence-corrected chi connectivity index (χ3v) is 6.80. The van der Waals surface area contributed by atoms with E-state index in [1.54, 1.807) is 38.3 Å². The molecule has 168 valence electrons. The minimum atomic E-state index is -0.389. The molecule has 4 rings (SSSR count). The van der Waals surface area contributed by atoms with E-state index in [4.69, 9.17) is 25.5 Å². The average molecular weight is 474 g/mol. The van der Waals surface area contributed by atoms with E-state index in [1.807, 2.05) is 0 Å². The summed E-state index contributed by atoms with van der Waals surface area (Å²) in [5.41, 5.74) is 2.05. The second kappa shape index (κ2) is 9.38. The summed E-state index contributed by atoms with van der Waals surface area (Å²) < 4.78 is 16.4. The highest BCUT2D eigenvalue weighted by molar-refractivity contribution is 7.17. The first-order valence-corrected chi connectivity index (χ1v) is 11.7. The lowest BCUT2D eigenvalue weighted by molar-refractivity contribution is -0.111. The lowest BCUT2D eigenvalue weighted by atomic mass is 9.88. The van der Waals surface area contributed by atoms with Gasteiger partial charge in [-0.25, -0.2) is 4.79 Å². The van der Waals surface area contributed by atoms with Crippen LogP contribution in [-0.2, 0) is 22.4 Å². The Hall–Kier alpha value is -2.77. The van der Waals surface area contributed by atoms with Crippen LogP contribution in [0.15, 0.2) is 28.7 Å². The quantitative estimate of drug-likeness (QED) is 0.345. The van der Waals surface area contributed by atoms with Gasteiger partial charge in [0.15, 0.2) is 11.3 Å².